The second-order valence-corrected chi connectivity index (χ2v) is 8.43. The van der Waals surface area contributed by atoms with Gasteiger partial charge < -0.3 is 15.2 Å². The SMILES string of the molecule is CCC1C(=O)NC(n2nc(C)cc2NC(=O)c2cn(CC)c3nc(C)ccc3c2=O)NC1C. The smallest absolute Gasteiger partial charge is 0.262 e. The van der Waals surface area contributed by atoms with Crippen molar-refractivity contribution in [3.63, 3.8) is 0 Å². The molecular formula is C23H29N7O3. The number of carbonyl (C=O) groups is 2. The summed E-state index contributed by atoms with van der Waals surface area (Å²) in [5.41, 5.74) is 1.64. The van der Waals surface area contributed by atoms with Crippen molar-refractivity contribution in [3.8, 4) is 0 Å². The Labute approximate surface area is 191 Å². The number of aryl methyl sites for hydroxylation is 3. The highest BCUT2D eigenvalue weighted by Crippen LogP contribution is 2.22. The van der Waals surface area contributed by atoms with Crippen LogP contribution in [0.4, 0.5) is 5.82 Å². The lowest BCUT2D eigenvalue weighted by molar-refractivity contribution is -0.130. The normalized spacial score (nSPS) is 20.6. The molecule has 3 N–H and O–H groups in total. The van der Waals surface area contributed by atoms with Gasteiger partial charge in [0.1, 0.15) is 17.0 Å². The minimum Gasteiger partial charge on any atom is -0.332 e. The molecule has 0 saturated carbocycles. The second kappa shape index (κ2) is 8.78. The van der Waals surface area contributed by atoms with Crippen LogP contribution in [-0.2, 0) is 11.3 Å². The third kappa shape index (κ3) is 4.13. The van der Waals surface area contributed by atoms with Gasteiger partial charge in [-0.3, -0.25) is 19.7 Å². The van der Waals surface area contributed by atoms with Crippen LogP contribution in [0, 0.1) is 19.8 Å². The Morgan fingerprint density at radius 3 is 2.61 bits per heavy atom. The summed E-state index contributed by atoms with van der Waals surface area (Å²) in [5, 5.41) is 13.9. The molecular weight excluding hydrogens is 422 g/mol. The lowest BCUT2D eigenvalue weighted by Crippen LogP contribution is -2.57. The van der Waals surface area contributed by atoms with E-state index >= 15 is 0 Å². The molecule has 4 heterocycles. The van der Waals surface area contributed by atoms with Gasteiger partial charge in [0, 0.05) is 30.5 Å². The molecule has 10 heteroatoms. The van der Waals surface area contributed by atoms with Gasteiger partial charge in [0.25, 0.3) is 5.91 Å². The molecule has 3 aromatic heterocycles. The van der Waals surface area contributed by atoms with E-state index in [1.807, 2.05) is 27.7 Å². The van der Waals surface area contributed by atoms with Gasteiger partial charge in [-0.05, 0) is 46.2 Å². The van der Waals surface area contributed by atoms with Crippen LogP contribution >= 0.6 is 0 Å². The standard InChI is InChI=1S/C23H29N7O3/c1-6-15-14(5)25-23(27-21(15)32)30-18(10-13(4)28-30)26-22(33)17-11-29(7-2)20-16(19(17)31)9-8-12(3)24-20/h8-11,14-15,23,25H,6-7H2,1-5H3,(H,26,33)(H,27,32). The minimum absolute atomic E-state index is 0.0143. The summed E-state index contributed by atoms with van der Waals surface area (Å²) in [6, 6.07) is 5.10. The molecule has 0 aromatic carbocycles. The summed E-state index contributed by atoms with van der Waals surface area (Å²) in [6.45, 7) is 10.1. The molecule has 33 heavy (non-hydrogen) atoms. The summed E-state index contributed by atoms with van der Waals surface area (Å²) < 4.78 is 3.31. The van der Waals surface area contributed by atoms with Crippen molar-refractivity contribution in [2.45, 2.75) is 59.9 Å². The summed E-state index contributed by atoms with van der Waals surface area (Å²) in [4.78, 5) is 43.3. The zero-order valence-corrected chi connectivity index (χ0v) is 19.5. The molecule has 1 aliphatic rings. The zero-order valence-electron chi connectivity index (χ0n) is 19.5. The molecule has 3 atom stereocenters. The van der Waals surface area contributed by atoms with Crippen LogP contribution in [0.3, 0.4) is 0 Å². The summed E-state index contributed by atoms with van der Waals surface area (Å²) >= 11 is 0. The van der Waals surface area contributed by atoms with Crippen LogP contribution in [0.15, 0.2) is 29.2 Å². The molecule has 1 fully saturated rings. The Kier molecular flexibility index (Phi) is 6.03. The fourth-order valence-corrected chi connectivity index (χ4v) is 4.30. The van der Waals surface area contributed by atoms with Gasteiger partial charge >= 0.3 is 0 Å². The predicted molar refractivity (Wildman–Crippen MR) is 125 cm³/mol. The molecule has 4 rings (SSSR count). The van der Waals surface area contributed by atoms with Gasteiger partial charge in [-0.2, -0.15) is 5.10 Å². The lowest BCUT2D eigenvalue weighted by Gasteiger charge is -2.35. The number of hydrogen-bond donors (Lipinski definition) is 3. The molecule has 174 valence electrons. The molecule has 3 aromatic rings. The van der Waals surface area contributed by atoms with Crippen molar-refractivity contribution in [3.05, 3.63) is 51.6 Å². The van der Waals surface area contributed by atoms with Gasteiger partial charge in [0.05, 0.1) is 17.0 Å². The van der Waals surface area contributed by atoms with Crippen molar-refractivity contribution >= 4 is 28.7 Å². The number of fused-ring (bicyclic) bond motifs is 1. The van der Waals surface area contributed by atoms with Crippen molar-refractivity contribution < 1.29 is 9.59 Å². The van der Waals surface area contributed by atoms with Crippen molar-refractivity contribution in [1.29, 1.82) is 0 Å². The predicted octanol–water partition coefficient (Wildman–Crippen LogP) is 2.07. The van der Waals surface area contributed by atoms with E-state index in [0.29, 0.717) is 35.5 Å². The maximum absolute atomic E-state index is 13.2. The number of pyridine rings is 2. The molecule has 0 bridgehead atoms. The van der Waals surface area contributed by atoms with Gasteiger partial charge in [-0.25, -0.2) is 9.67 Å². The maximum Gasteiger partial charge on any atom is 0.262 e. The van der Waals surface area contributed by atoms with Crippen molar-refractivity contribution in [1.82, 2.24) is 30.0 Å². The summed E-state index contributed by atoms with van der Waals surface area (Å²) in [7, 11) is 0. The molecule has 1 saturated heterocycles. The van der Waals surface area contributed by atoms with Crippen molar-refractivity contribution in [2.75, 3.05) is 5.32 Å². The van der Waals surface area contributed by atoms with Crippen LogP contribution in [0.25, 0.3) is 11.0 Å². The van der Waals surface area contributed by atoms with E-state index in [0.717, 1.165) is 5.69 Å². The van der Waals surface area contributed by atoms with Crippen LogP contribution in [0.1, 0.15) is 55.2 Å². The highest BCUT2D eigenvalue weighted by Gasteiger charge is 2.34. The number of anilines is 1. The van der Waals surface area contributed by atoms with E-state index in [1.54, 1.807) is 29.7 Å². The van der Waals surface area contributed by atoms with Gasteiger partial charge in [-0.15, -0.1) is 0 Å². The third-order valence-corrected chi connectivity index (χ3v) is 6.07. The number of carbonyl (C=O) groups excluding carboxylic acids is 2. The highest BCUT2D eigenvalue weighted by atomic mass is 16.2. The minimum atomic E-state index is -0.615. The van der Waals surface area contributed by atoms with Crippen LogP contribution in [0.5, 0.6) is 0 Å². The number of aromatic nitrogens is 4. The first-order valence-electron chi connectivity index (χ1n) is 11.2. The maximum atomic E-state index is 13.2. The van der Waals surface area contributed by atoms with Gasteiger partial charge in [0.15, 0.2) is 6.29 Å². The van der Waals surface area contributed by atoms with Crippen molar-refractivity contribution in [2.24, 2.45) is 5.92 Å². The summed E-state index contributed by atoms with van der Waals surface area (Å²) in [6.07, 6.45) is 1.64. The van der Waals surface area contributed by atoms with E-state index in [2.05, 4.69) is 26.0 Å². The topological polar surface area (TPSA) is 123 Å². The van der Waals surface area contributed by atoms with Crippen LogP contribution in [-0.4, -0.2) is 37.2 Å². The van der Waals surface area contributed by atoms with E-state index in [9.17, 15) is 14.4 Å². The number of nitrogens with zero attached hydrogens (tertiary/aromatic N) is 4. The molecule has 0 radical (unpaired) electrons. The Balaban J connectivity index is 1.68. The Morgan fingerprint density at radius 2 is 1.94 bits per heavy atom. The highest BCUT2D eigenvalue weighted by molar-refractivity contribution is 6.05. The zero-order chi connectivity index (χ0) is 23.9. The monoisotopic (exact) mass is 451 g/mol. The van der Waals surface area contributed by atoms with Crippen LogP contribution < -0.4 is 21.4 Å². The Bertz CT molecular complexity index is 1290. The number of rotatable bonds is 5. The average Bonchev–Trinajstić information content (AvgIpc) is 3.13. The number of hydrogen-bond acceptors (Lipinski definition) is 6. The van der Waals surface area contributed by atoms with E-state index < -0.39 is 12.2 Å². The first-order valence-corrected chi connectivity index (χ1v) is 11.2. The van der Waals surface area contributed by atoms with Crippen LogP contribution in [0.2, 0.25) is 0 Å². The van der Waals surface area contributed by atoms with E-state index in [4.69, 9.17) is 0 Å². The lowest BCUT2D eigenvalue weighted by atomic mass is 9.95. The Hall–Kier alpha value is -3.53. The second-order valence-electron chi connectivity index (χ2n) is 8.43. The molecule has 10 nitrogen and oxygen atoms in total. The first kappa shape index (κ1) is 22.7. The number of amides is 2. The van der Waals surface area contributed by atoms with Gasteiger partial charge in [0.2, 0.25) is 11.3 Å². The molecule has 1 aliphatic heterocycles. The fourth-order valence-electron chi connectivity index (χ4n) is 4.30. The fraction of sp³-hybridized carbons (Fsp3) is 0.435. The molecule has 3 unspecified atom stereocenters. The third-order valence-electron chi connectivity index (χ3n) is 6.07. The summed E-state index contributed by atoms with van der Waals surface area (Å²) in [5.74, 6) is -0.380. The number of nitrogens with one attached hydrogen (secondary N) is 3. The van der Waals surface area contributed by atoms with E-state index in [1.165, 1.54) is 10.9 Å². The largest absolute Gasteiger partial charge is 0.332 e. The molecule has 0 spiro atoms. The Morgan fingerprint density at radius 1 is 1.18 bits per heavy atom. The first-order chi connectivity index (χ1) is 15.7. The van der Waals surface area contributed by atoms with Gasteiger partial charge in [-0.1, -0.05) is 6.92 Å². The molecule has 2 amide bonds. The molecule has 0 aliphatic carbocycles. The van der Waals surface area contributed by atoms with E-state index in [-0.39, 0.29) is 28.9 Å². The average molecular weight is 452 g/mol. The quantitative estimate of drug-likeness (QED) is 0.546.